The fourth-order valence-corrected chi connectivity index (χ4v) is 2.44. The van der Waals surface area contributed by atoms with Crippen LogP contribution in [0.15, 0.2) is 0 Å². The van der Waals surface area contributed by atoms with Gasteiger partial charge in [0, 0.05) is 5.75 Å². The molecule has 0 rings (SSSR count). The van der Waals surface area contributed by atoms with E-state index in [9.17, 15) is 29.1 Å². The van der Waals surface area contributed by atoms with Crippen molar-refractivity contribution < 1.29 is 34.2 Å². The Morgan fingerprint density at radius 3 is 2.00 bits per heavy atom. The van der Waals surface area contributed by atoms with Crippen LogP contribution in [0.5, 0.6) is 0 Å². The molecule has 0 saturated heterocycles. The van der Waals surface area contributed by atoms with E-state index < -0.39 is 60.2 Å². The molecule has 3 amide bonds. The number of hydrogen-bond acceptors (Lipinski definition) is 8. The number of rotatable bonds is 14. The largest absolute Gasteiger partial charge is 0.481 e. The predicted molar refractivity (Wildman–Crippen MR) is 106 cm³/mol. The van der Waals surface area contributed by atoms with Crippen LogP contribution in [0.25, 0.3) is 0 Å². The van der Waals surface area contributed by atoms with Crippen molar-refractivity contribution in [2.45, 2.75) is 56.8 Å². The van der Waals surface area contributed by atoms with Crippen molar-refractivity contribution in [1.29, 1.82) is 0 Å². The molecule has 4 unspecified atom stereocenters. The Morgan fingerprint density at radius 2 is 1.52 bits per heavy atom. The summed E-state index contributed by atoms with van der Waals surface area (Å²) >= 11 is 3.99. The summed E-state index contributed by atoms with van der Waals surface area (Å²) in [5.41, 5.74) is 10.8. The fourth-order valence-electron chi connectivity index (χ4n) is 2.18. The van der Waals surface area contributed by atoms with Gasteiger partial charge in [-0.2, -0.15) is 12.6 Å². The van der Waals surface area contributed by atoms with Crippen LogP contribution in [-0.2, 0) is 24.0 Å². The van der Waals surface area contributed by atoms with E-state index in [0.717, 1.165) is 0 Å². The van der Waals surface area contributed by atoms with E-state index in [1.165, 1.54) is 6.92 Å². The van der Waals surface area contributed by atoms with Gasteiger partial charge in [0.2, 0.25) is 17.7 Å². The van der Waals surface area contributed by atoms with Gasteiger partial charge in [-0.3, -0.25) is 19.2 Å². The lowest BCUT2D eigenvalue weighted by Gasteiger charge is -2.22. The van der Waals surface area contributed by atoms with Crippen LogP contribution in [-0.4, -0.2) is 76.3 Å². The number of aliphatic carboxylic acids is 2. The van der Waals surface area contributed by atoms with Gasteiger partial charge in [-0.25, -0.2) is 4.79 Å². The highest BCUT2D eigenvalue weighted by molar-refractivity contribution is 7.80. The molecular weight excluding hydrogens is 406 g/mol. The van der Waals surface area contributed by atoms with E-state index in [0.29, 0.717) is 19.4 Å². The number of nitrogens with two attached hydrogens (primary N) is 2. The number of carbonyl (C=O) groups is 5. The summed E-state index contributed by atoms with van der Waals surface area (Å²) in [6.07, 6.45) is 0.681. The van der Waals surface area contributed by atoms with Crippen molar-refractivity contribution in [1.82, 2.24) is 16.0 Å². The van der Waals surface area contributed by atoms with Crippen LogP contribution in [0, 0.1) is 0 Å². The molecule has 9 N–H and O–H groups in total. The van der Waals surface area contributed by atoms with Gasteiger partial charge in [0.25, 0.3) is 0 Å². The van der Waals surface area contributed by atoms with Gasteiger partial charge in [-0.1, -0.05) is 0 Å². The molecule has 0 aromatic heterocycles. The van der Waals surface area contributed by atoms with Crippen LogP contribution in [0.1, 0.15) is 32.6 Å². The van der Waals surface area contributed by atoms with Crippen LogP contribution in [0.2, 0.25) is 0 Å². The van der Waals surface area contributed by atoms with Crippen LogP contribution in [0.3, 0.4) is 0 Å². The molecular formula is C16H29N5O7S. The van der Waals surface area contributed by atoms with E-state index in [4.69, 9.17) is 16.6 Å². The lowest BCUT2D eigenvalue weighted by molar-refractivity contribution is -0.142. The second kappa shape index (κ2) is 13.7. The first-order valence-electron chi connectivity index (χ1n) is 8.95. The minimum atomic E-state index is -1.34. The maximum atomic E-state index is 12.3. The molecule has 13 heteroatoms. The Labute approximate surface area is 173 Å². The average molecular weight is 436 g/mol. The molecule has 0 bridgehead atoms. The molecule has 0 fully saturated rings. The summed E-state index contributed by atoms with van der Waals surface area (Å²) in [5, 5.41) is 24.8. The monoisotopic (exact) mass is 435 g/mol. The highest BCUT2D eigenvalue weighted by atomic mass is 32.1. The second-order valence-electron chi connectivity index (χ2n) is 6.36. The first kappa shape index (κ1) is 26.6. The highest BCUT2D eigenvalue weighted by Gasteiger charge is 2.28. The molecule has 0 aliphatic heterocycles. The van der Waals surface area contributed by atoms with E-state index in [-0.39, 0.29) is 12.2 Å². The Bertz CT molecular complexity index is 604. The van der Waals surface area contributed by atoms with Crippen molar-refractivity contribution in [3.63, 3.8) is 0 Å². The molecule has 0 heterocycles. The third-order valence-corrected chi connectivity index (χ3v) is 4.23. The lowest BCUT2D eigenvalue weighted by atomic mass is 10.1. The van der Waals surface area contributed by atoms with Crippen molar-refractivity contribution in [2.75, 3.05) is 12.3 Å². The Kier molecular flexibility index (Phi) is 12.6. The number of nitrogens with one attached hydrogen (secondary N) is 3. The Balaban J connectivity index is 4.78. The number of amides is 3. The minimum absolute atomic E-state index is 0.119. The van der Waals surface area contributed by atoms with E-state index in [1.54, 1.807) is 0 Å². The van der Waals surface area contributed by atoms with Gasteiger partial charge in [-0.15, -0.1) is 0 Å². The summed E-state index contributed by atoms with van der Waals surface area (Å²) < 4.78 is 0. The third kappa shape index (κ3) is 10.7. The van der Waals surface area contributed by atoms with Gasteiger partial charge in [-0.05, 0) is 32.7 Å². The first-order valence-corrected chi connectivity index (χ1v) is 9.58. The first-order chi connectivity index (χ1) is 13.5. The lowest BCUT2D eigenvalue weighted by Crippen LogP contribution is -2.57. The molecule has 0 radical (unpaired) electrons. The number of unbranched alkanes of at least 4 members (excludes halogenated alkanes) is 1. The average Bonchev–Trinajstić information content (AvgIpc) is 2.63. The van der Waals surface area contributed by atoms with Gasteiger partial charge in [0.05, 0.1) is 12.5 Å². The van der Waals surface area contributed by atoms with Crippen LogP contribution >= 0.6 is 12.6 Å². The standard InChI is InChI=1S/C16H29N5O7S/c1-8(19-14(25)9(18)6-12(22)23)13(24)21-11(7-29)15(26)20-10(16(27)28)4-2-3-5-17/h8-11,29H,2-7,17-18H2,1H3,(H,19,25)(H,20,26)(H,21,24)(H,22,23)(H,27,28). The number of thiol groups is 1. The minimum Gasteiger partial charge on any atom is -0.481 e. The fraction of sp³-hybridized carbons (Fsp3) is 0.688. The molecule has 0 spiro atoms. The van der Waals surface area contributed by atoms with Gasteiger partial charge >= 0.3 is 11.9 Å². The summed E-state index contributed by atoms with van der Waals surface area (Å²) in [6.45, 7) is 1.72. The molecule has 0 aromatic rings. The normalized spacial score (nSPS) is 14.8. The molecule has 0 aliphatic rings. The zero-order valence-corrected chi connectivity index (χ0v) is 17.0. The third-order valence-electron chi connectivity index (χ3n) is 3.86. The molecule has 0 saturated carbocycles. The number of carboxylic acids is 2. The maximum Gasteiger partial charge on any atom is 0.326 e. The van der Waals surface area contributed by atoms with E-state index >= 15 is 0 Å². The van der Waals surface area contributed by atoms with Gasteiger partial charge < -0.3 is 37.6 Å². The maximum absolute atomic E-state index is 12.3. The zero-order valence-electron chi connectivity index (χ0n) is 16.1. The summed E-state index contributed by atoms with van der Waals surface area (Å²) in [6, 6.07) is -4.73. The highest BCUT2D eigenvalue weighted by Crippen LogP contribution is 2.02. The second-order valence-corrected chi connectivity index (χ2v) is 6.73. The number of carboxylic acid groups (broad SMARTS) is 2. The quantitative estimate of drug-likeness (QED) is 0.106. The predicted octanol–water partition coefficient (Wildman–Crippen LogP) is -2.59. The molecule has 0 aromatic carbocycles. The van der Waals surface area contributed by atoms with Gasteiger partial charge in [0.15, 0.2) is 0 Å². The van der Waals surface area contributed by atoms with Crippen LogP contribution < -0.4 is 27.4 Å². The molecule has 12 nitrogen and oxygen atoms in total. The van der Waals surface area contributed by atoms with Crippen molar-refractivity contribution in [3.8, 4) is 0 Å². The summed E-state index contributed by atoms with van der Waals surface area (Å²) in [5.74, 6) is -4.93. The summed E-state index contributed by atoms with van der Waals surface area (Å²) in [4.78, 5) is 58.1. The van der Waals surface area contributed by atoms with Crippen LogP contribution in [0.4, 0.5) is 0 Å². The topological polar surface area (TPSA) is 214 Å². The molecule has 4 atom stereocenters. The number of carbonyl (C=O) groups excluding carboxylic acids is 3. The molecule has 0 aliphatic carbocycles. The van der Waals surface area contributed by atoms with Crippen molar-refractivity contribution in [3.05, 3.63) is 0 Å². The Hall–Kier alpha value is -2.38. The Morgan fingerprint density at radius 1 is 0.931 bits per heavy atom. The SMILES string of the molecule is CC(NC(=O)C(N)CC(=O)O)C(=O)NC(CS)C(=O)NC(CCCCN)C(=O)O. The van der Waals surface area contributed by atoms with E-state index in [1.807, 2.05) is 0 Å². The summed E-state index contributed by atoms with van der Waals surface area (Å²) in [7, 11) is 0. The van der Waals surface area contributed by atoms with E-state index in [2.05, 4.69) is 28.6 Å². The van der Waals surface area contributed by atoms with Gasteiger partial charge in [0.1, 0.15) is 18.1 Å². The molecule has 29 heavy (non-hydrogen) atoms. The smallest absolute Gasteiger partial charge is 0.326 e. The van der Waals surface area contributed by atoms with Crippen molar-refractivity contribution in [2.24, 2.45) is 11.5 Å². The molecule has 166 valence electrons. The van der Waals surface area contributed by atoms with Crippen molar-refractivity contribution >= 4 is 42.3 Å². The number of hydrogen-bond donors (Lipinski definition) is 8. The zero-order chi connectivity index (χ0) is 22.6.